The average Bonchev–Trinajstić information content (AvgIpc) is 3.22. The first kappa shape index (κ1) is 15.9. The molecule has 2 aliphatic heterocycles. The van der Waals surface area contributed by atoms with E-state index >= 15 is 0 Å². The first-order valence-corrected chi connectivity index (χ1v) is 8.70. The van der Waals surface area contributed by atoms with E-state index in [1.807, 2.05) is 19.2 Å². The molecule has 25 heavy (non-hydrogen) atoms. The van der Waals surface area contributed by atoms with Crippen LogP contribution in [-0.2, 0) is 22.4 Å². The van der Waals surface area contributed by atoms with E-state index in [-0.39, 0.29) is 36.5 Å². The Hall–Kier alpha value is -2.57. The van der Waals surface area contributed by atoms with Gasteiger partial charge in [-0.3, -0.25) is 9.59 Å². The fourth-order valence-electron chi connectivity index (χ4n) is 4.10. The van der Waals surface area contributed by atoms with Crippen molar-refractivity contribution in [2.75, 3.05) is 20.1 Å². The van der Waals surface area contributed by atoms with E-state index in [1.165, 1.54) is 11.1 Å². The number of carbonyl (C=O) groups excluding carboxylic acids is 3. The van der Waals surface area contributed by atoms with E-state index < -0.39 is 6.04 Å². The second-order valence-electron chi connectivity index (χ2n) is 7.10. The Bertz CT molecular complexity index is 686. The summed E-state index contributed by atoms with van der Waals surface area (Å²) in [5.41, 5.74) is 2.60. The number of carbonyl (C=O) groups is 3. The zero-order chi connectivity index (χ0) is 17.6. The molecule has 0 radical (unpaired) electrons. The Morgan fingerprint density at radius 1 is 1.24 bits per heavy atom. The van der Waals surface area contributed by atoms with Gasteiger partial charge in [0.25, 0.3) is 0 Å². The molecule has 132 valence electrons. The summed E-state index contributed by atoms with van der Waals surface area (Å²) in [7, 11) is 1.81. The summed E-state index contributed by atoms with van der Waals surface area (Å²) >= 11 is 0. The third-order valence-corrected chi connectivity index (χ3v) is 5.56. The number of piperazine rings is 1. The standard InChI is InChI=1S/C18H22N4O3/c1-21(14-6-11-4-2-3-5-12(11)7-14)18(25)20-13-8-15-17(24)19-9-16(23)22(15)10-13/h2-5,13-15H,6-10H2,1H3,(H,19,24)(H,20,25)/t13-,15-/m0/s1. The quantitative estimate of drug-likeness (QED) is 0.787. The molecule has 7 heteroatoms. The van der Waals surface area contributed by atoms with Crippen LogP contribution in [0.4, 0.5) is 4.79 Å². The van der Waals surface area contributed by atoms with Crippen LogP contribution in [0.1, 0.15) is 17.5 Å². The van der Waals surface area contributed by atoms with E-state index in [4.69, 9.17) is 0 Å². The van der Waals surface area contributed by atoms with Crippen LogP contribution in [0.5, 0.6) is 0 Å². The van der Waals surface area contributed by atoms with Crippen molar-refractivity contribution >= 4 is 17.8 Å². The van der Waals surface area contributed by atoms with Gasteiger partial charge in [0.05, 0.1) is 12.6 Å². The van der Waals surface area contributed by atoms with Crippen molar-refractivity contribution < 1.29 is 14.4 Å². The predicted molar refractivity (Wildman–Crippen MR) is 90.8 cm³/mol. The topological polar surface area (TPSA) is 81.8 Å². The largest absolute Gasteiger partial charge is 0.345 e. The van der Waals surface area contributed by atoms with Gasteiger partial charge in [0, 0.05) is 19.6 Å². The number of nitrogens with one attached hydrogen (secondary N) is 2. The number of benzene rings is 1. The molecule has 0 saturated carbocycles. The maximum absolute atomic E-state index is 12.6. The number of urea groups is 1. The molecule has 0 spiro atoms. The minimum absolute atomic E-state index is 0.0518. The van der Waals surface area contributed by atoms with Gasteiger partial charge in [-0.2, -0.15) is 0 Å². The van der Waals surface area contributed by atoms with Crippen LogP contribution in [0, 0.1) is 0 Å². The second kappa shape index (κ2) is 6.06. The normalized spacial score (nSPS) is 25.4. The van der Waals surface area contributed by atoms with Crippen LogP contribution in [0.25, 0.3) is 0 Å². The van der Waals surface area contributed by atoms with Gasteiger partial charge >= 0.3 is 6.03 Å². The molecule has 1 aliphatic carbocycles. The molecule has 4 rings (SSSR count). The summed E-state index contributed by atoms with van der Waals surface area (Å²) in [5.74, 6) is -0.211. The lowest BCUT2D eigenvalue weighted by Crippen LogP contribution is -2.55. The lowest BCUT2D eigenvalue weighted by molar-refractivity contribution is -0.143. The fraction of sp³-hybridized carbons (Fsp3) is 0.500. The van der Waals surface area contributed by atoms with Gasteiger partial charge in [0.1, 0.15) is 6.04 Å². The van der Waals surface area contributed by atoms with Gasteiger partial charge in [-0.25, -0.2) is 4.79 Å². The highest BCUT2D eigenvalue weighted by atomic mass is 16.2. The van der Waals surface area contributed by atoms with Crippen molar-refractivity contribution in [1.82, 2.24) is 20.4 Å². The highest BCUT2D eigenvalue weighted by Gasteiger charge is 2.43. The Balaban J connectivity index is 1.37. The zero-order valence-electron chi connectivity index (χ0n) is 14.2. The minimum atomic E-state index is -0.451. The Morgan fingerprint density at radius 2 is 1.92 bits per heavy atom. The first-order valence-electron chi connectivity index (χ1n) is 8.70. The summed E-state index contributed by atoms with van der Waals surface area (Å²) in [6, 6.07) is 7.64. The summed E-state index contributed by atoms with van der Waals surface area (Å²) < 4.78 is 0. The molecule has 0 bridgehead atoms. The lowest BCUT2D eigenvalue weighted by Gasteiger charge is -2.28. The van der Waals surface area contributed by atoms with Gasteiger partial charge in [0.15, 0.2) is 0 Å². The Labute approximate surface area is 146 Å². The van der Waals surface area contributed by atoms with Crippen LogP contribution in [0.2, 0.25) is 0 Å². The molecule has 1 aromatic carbocycles. The molecular weight excluding hydrogens is 320 g/mol. The summed E-state index contributed by atoms with van der Waals surface area (Å²) in [6.07, 6.45) is 2.20. The van der Waals surface area contributed by atoms with Crippen molar-refractivity contribution in [1.29, 1.82) is 0 Å². The van der Waals surface area contributed by atoms with E-state index in [1.54, 1.807) is 9.80 Å². The third kappa shape index (κ3) is 2.83. The van der Waals surface area contributed by atoms with Crippen LogP contribution < -0.4 is 10.6 Å². The molecule has 2 heterocycles. The SMILES string of the molecule is CN(C(=O)N[C@H]1C[C@H]2C(=O)NCC(=O)N2C1)C1Cc2ccccc2C1. The number of amides is 4. The predicted octanol–water partition coefficient (Wildman–Crippen LogP) is -0.105. The zero-order valence-corrected chi connectivity index (χ0v) is 14.2. The molecule has 2 atom stereocenters. The van der Waals surface area contributed by atoms with Gasteiger partial charge in [-0.05, 0) is 30.4 Å². The van der Waals surface area contributed by atoms with Crippen molar-refractivity contribution in [2.24, 2.45) is 0 Å². The number of likely N-dealkylation sites (N-methyl/N-ethyl adjacent to an activating group) is 1. The number of hydrogen-bond acceptors (Lipinski definition) is 3. The van der Waals surface area contributed by atoms with Gasteiger partial charge < -0.3 is 20.4 Å². The van der Waals surface area contributed by atoms with E-state index in [2.05, 4.69) is 22.8 Å². The van der Waals surface area contributed by atoms with Gasteiger partial charge in [-0.1, -0.05) is 24.3 Å². The molecule has 0 unspecified atom stereocenters. The number of fused-ring (bicyclic) bond motifs is 2. The first-order chi connectivity index (χ1) is 12.0. The van der Waals surface area contributed by atoms with E-state index in [9.17, 15) is 14.4 Å². The number of nitrogens with zero attached hydrogens (tertiary/aromatic N) is 2. The highest BCUT2D eigenvalue weighted by molar-refractivity contribution is 5.95. The maximum atomic E-state index is 12.6. The fourth-order valence-corrected chi connectivity index (χ4v) is 4.10. The molecule has 2 N–H and O–H groups in total. The molecule has 4 amide bonds. The molecule has 2 fully saturated rings. The number of rotatable bonds is 2. The minimum Gasteiger partial charge on any atom is -0.345 e. The highest BCUT2D eigenvalue weighted by Crippen LogP contribution is 2.25. The van der Waals surface area contributed by atoms with Crippen LogP contribution in [-0.4, -0.2) is 65.9 Å². The van der Waals surface area contributed by atoms with Gasteiger partial charge in [0.2, 0.25) is 11.8 Å². The molecule has 3 aliphatic rings. The molecule has 2 saturated heterocycles. The van der Waals surface area contributed by atoms with Crippen LogP contribution >= 0.6 is 0 Å². The number of hydrogen-bond donors (Lipinski definition) is 2. The van der Waals surface area contributed by atoms with Crippen LogP contribution in [0.15, 0.2) is 24.3 Å². The van der Waals surface area contributed by atoms with Gasteiger partial charge in [-0.15, -0.1) is 0 Å². The summed E-state index contributed by atoms with van der Waals surface area (Å²) in [5, 5.41) is 5.59. The Morgan fingerprint density at radius 3 is 2.56 bits per heavy atom. The molecule has 7 nitrogen and oxygen atoms in total. The van der Waals surface area contributed by atoms with Crippen LogP contribution in [0.3, 0.4) is 0 Å². The summed E-state index contributed by atoms with van der Waals surface area (Å²) in [4.78, 5) is 39.7. The molecule has 0 aromatic heterocycles. The third-order valence-electron chi connectivity index (χ3n) is 5.56. The monoisotopic (exact) mass is 342 g/mol. The second-order valence-corrected chi connectivity index (χ2v) is 7.10. The van der Waals surface area contributed by atoms with Crippen molar-refractivity contribution in [3.05, 3.63) is 35.4 Å². The molecule has 1 aromatic rings. The van der Waals surface area contributed by atoms with Crippen molar-refractivity contribution in [3.8, 4) is 0 Å². The molecular formula is C18H22N4O3. The maximum Gasteiger partial charge on any atom is 0.317 e. The van der Waals surface area contributed by atoms with Crippen molar-refractivity contribution in [3.63, 3.8) is 0 Å². The lowest BCUT2D eigenvalue weighted by atomic mass is 10.1. The smallest absolute Gasteiger partial charge is 0.317 e. The van der Waals surface area contributed by atoms with E-state index in [0.29, 0.717) is 13.0 Å². The Kier molecular flexibility index (Phi) is 3.86. The summed E-state index contributed by atoms with van der Waals surface area (Å²) in [6.45, 7) is 0.456. The van der Waals surface area contributed by atoms with E-state index in [0.717, 1.165) is 12.8 Å². The van der Waals surface area contributed by atoms with Crippen molar-refractivity contribution in [2.45, 2.75) is 37.4 Å². The average molecular weight is 342 g/mol.